The normalized spacial score (nSPS) is 24.0. The van der Waals surface area contributed by atoms with Crippen LogP contribution >= 0.6 is 0 Å². The Hall–Kier alpha value is -1.99. The second kappa shape index (κ2) is 9.22. The number of rotatable bonds is 7. The lowest BCUT2D eigenvalue weighted by molar-refractivity contribution is -0.149. The van der Waals surface area contributed by atoms with E-state index in [1.54, 1.807) is 6.20 Å². The SMILES string of the molecule is Cc1cccnc1C(=O)NC[C@H]1CN(CC2CCN(CC3CC3)CC2)C(=O)CO1. The van der Waals surface area contributed by atoms with Gasteiger partial charge in [0.15, 0.2) is 0 Å². The lowest BCUT2D eigenvalue weighted by atomic mass is 9.95. The molecule has 1 aliphatic carbocycles. The summed E-state index contributed by atoms with van der Waals surface area (Å²) in [4.78, 5) is 33.4. The van der Waals surface area contributed by atoms with Crippen molar-refractivity contribution >= 4 is 11.8 Å². The first-order valence-electron chi connectivity index (χ1n) is 10.9. The topological polar surface area (TPSA) is 74.8 Å². The zero-order valence-corrected chi connectivity index (χ0v) is 17.3. The fourth-order valence-electron chi connectivity index (χ4n) is 4.32. The van der Waals surface area contributed by atoms with E-state index in [0.29, 0.717) is 24.7 Å². The van der Waals surface area contributed by atoms with Crippen molar-refractivity contribution in [3.8, 4) is 0 Å². The van der Waals surface area contributed by atoms with Crippen LogP contribution in [0.15, 0.2) is 18.3 Å². The lowest BCUT2D eigenvalue weighted by Gasteiger charge is -2.38. The average Bonchev–Trinajstić information content (AvgIpc) is 3.54. The van der Waals surface area contributed by atoms with Crippen LogP contribution in [0.5, 0.6) is 0 Å². The summed E-state index contributed by atoms with van der Waals surface area (Å²) in [6.07, 6.45) is 6.58. The van der Waals surface area contributed by atoms with Gasteiger partial charge < -0.3 is 19.9 Å². The average molecular weight is 401 g/mol. The zero-order chi connectivity index (χ0) is 20.2. The minimum atomic E-state index is -0.196. The minimum Gasteiger partial charge on any atom is -0.365 e. The first-order chi connectivity index (χ1) is 14.1. The Morgan fingerprint density at radius 1 is 1.21 bits per heavy atom. The molecule has 1 aromatic heterocycles. The van der Waals surface area contributed by atoms with E-state index in [1.165, 1.54) is 19.4 Å². The third kappa shape index (κ3) is 5.54. The predicted molar refractivity (Wildman–Crippen MR) is 110 cm³/mol. The maximum Gasteiger partial charge on any atom is 0.270 e. The minimum absolute atomic E-state index is 0.0635. The van der Waals surface area contributed by atoms with Gasteiger partial charge in [-0.2, -0.15) is 0 Å². The number of likely N-dealkylation sites (tertiary alicyclic amines) is 1. The molecule has 2 aliphatic heterocycles. The molecule has 0 bridgehead atoms. The fraction of sp³-hybridized carbons (Fsp3) is 0.682. The maximum atomic E-state index is 12.4. The summed E-state index contributed by atoms with van der Waals surface area (Å²) >= 11 is 0. The number of hydrogen-bond acceptors (Lipinski definition) is 5. The quantitative estimate of drug-likeness (QED) is 0.750. The molecule has 0 aromatic carbocycles. The van der Waals surface area contributed by atoms with Crippen molar-refractivity contribution < 1.29 is 14.3 Å². The molecule has 0 unspecified atom stereocenters. The Bertz CT molecular complexity index is 729. The van der Waals surface area contributed by atoms with E-state index in [4.69, 9.17) is 4.74 Å². The molecule has 0 spiro atoms. The Morgan fingerprint density at radius 3 is 2.69 bits per heavy atom. The van der Waals surface area contributed by atoms with Crippen molar-refractivity contribution in [1.29, 1.82) is 0 Å². The first-order valence-corrected chi connectivity index (χ1v) is 10.9. The number of carbonyl (C=O) groups is 2. The van der Waals surface area contributed by atoms with Crippen LogP contribution in [0.4, 0.5) is 0 Å². The van der Waals surface area contributed by atoms with Crippen LogP contribution in [-0.4, -0.2) is 78.6 Å². The smallest absolute Gasteiger partial charge is 0.270 e. The molecule has 1 N–H and O–H groups in total. The van der Waals surface area contributed by atoms with Crippen molar-refractivity contribution in [3.63, 3.8) is 0 Å². The Balaban J connectivity index is 1.22. The van der Waals surface area contributed by atoms with E-state index in [-0.39, 0.29) is 24.5 Å². The Labute approximate surface area is 172 Å². The summed E-state index contributed by atoms with van der Waals surface area (Å²) in [5, 5.41) is 2.91. The number of ether oxygens (including phenoxy) is 1. The molecule has 1 saturated carbocycles. The third-order valence-electron chi connectivity index (χ3n) is 6.33. The van der Waals surface area contributed by atoms with Gasteiger partial charge in [0.1, 0.15) is 12.3 Å². The molecule has 7 nitrogen and oxygen atoms in total. The molecule has 1 atom stereocenters. The van der Waals surface area contributed by atoms with Crippen molar-refractivity contribution in [2.45, 2.75) is 38.7 Å². The molecule has 2 saturated heterocycles. The standard InChI is InChI=1S/C22H32N4O3/c1-16-3-2-8-23-21(16)22(28)24-11-19-14-26(20(27)15-29-19)13-18-6-9-25(10-7-18)12-17-4-5-17/h2-3,8,17-19H,4-7,9-15H2,1H3,(H,24,28)/t19-/m0/s1. The van der Waals surface area contributed by atoms with Crippen molar-refractivity contribution in [2.24, 2.45) is 11.8 Å². The van der Waals surface area contributed by atoms with Gasteiger partial charge in [-0.1, -0.05) is 6.07 Å². The highest BCUT2D eigenvalue weighted by molar-refractivity contribution is 5.93. The van der Waals surface area contributed by atoms with Crippen molar-refractivity contribution in [1.82, 2.24) is 20.1 Å². The van der Waals surface area contributed by atoms with E-state index in [9.17, 15) is 9.59 Å². The van der Waals surface area contributed by atoms with Crippen molar-refractivity contribution in [3.05, 3.63) is 29.6 Å². The highest BCUT2D eigenvalue weighted by Gasteiger charge is 2.31. The number of piperidine rings is 1. The van der Waals surface area contributed by atoms with Crippen LogP contribution in [-0.2, 0) is 9.53 Å². The van der Waals surface area contributed by atoms with Gasteiger partial charge in [0.2, 0.25) is 5.91 Å². The molecule has 2 amide bonds. The summed E-state index contributed by atoms with van der Waals surface area (Å²) in [7, 11) is 0. The van der Waals surface area contributed by atoms with Gasteiger partial charge in [0.25, 0.3) is 5.91 Å². The highest BCUT2D eigenvalue weighted by atomic mass is 16.5. The van der Waals surface area contributed by atoms with Crippen molar-refractivity contribution in [2.75, 3.05) is 45.9 Å². The lowest BCUT2D eigenvalue weighted by Crippen LogP contribution is -2.52. The number of hydrogen-bond donors (Lipinski definition) is 1. The van der Waals surface area contributed by atoms with Crippen LogP contribution < -0.4 is 5.32 Å². The molecule has 3 heterocycles. The summed E-state index contributed by atoms with van der Waals surface area (Å²) in [5.41, 5.74) is 1.29. The number of aryl methyl sites for hydroxylation is 1. The largest absolute Gasteiger partial charge is 0.365 e. The predicted octanol–water partition coefficient (Wildman–Crippen LogP) is 1.47. The highest BCUT2D eigenvalue weighted by Crippen LogP contribution is 2.31. The molecule has 3 aliphatic rings. The van der Waals surface area contributed by atoms with E-state index < -0.39 is 0 Å². The van der Waals surface area contributed by atoms with Crippen LogP contribution in [0.2, 0.25) is 0 Å². The van der Waals surface area contributed by atoms with Gasteiger partial charge in [-0.05, 0) is 69.2 Å². The van der Waals surface area contributed by atoms with Gasteiger partial charge in [0, 0.05) is 32.4 Å². The van der Waals surface area contributed by atoms with Gasteiger partial charge in [0.05, 0.1) is 6.10 Å². The number of morpholine rings is 1. The van der Waals surface area contributed by atoms with Gasteiger partial charge in [-0.3, -0.25) is 14.6 Å². The van der Waals surface area contributed by atoms with E-state index >= 15 is 0 Å². The van der Waals surface area contributed by atoms with Crippen LogP contribution in [0.25, 0.3) is 0 Å². The zero-order valence-electron chi connectivity index (χ0n) is 17.3. The number of aromatic nitrogens is 1. The summed E-state index contributed by atoms with van der Waals surface area (Å²) in [6.45, 7) is 7.29. The van der Waals surface area contributed by atoms with E-state index in [2.05, 4.69) is 15.2 Å². The molecule has 158 valence electrons. The summed E-state index contributed by atoms with van der Waals surface area (Å²) < 4.78 is 5.66. The van der Waals surface area contributed by atoms with Crippen LogP contribution in [0.3, 0.4) is 0 Å². The molecule has 4 rings (SSSR count). The molecule has 7 heteroatoms. The van der Waals surface area contributed by atoms with Crippen LogP contribution in [0, 0.1) is 18.8 Å². The maximum absolute atomic E-state index is 12.4. The third-order valence-corrected chi connectivity index (χ3v) is 6.33. The molecule has 3 fully saturated rings. The number of amides is 2. The fourth-order valence-corrected chi connectivity index (χ4v) is 4.32. The molecule has 0 radical (unpaired) electrons. The second-order valence-electron chi connectivity index (χ2n) is 8.80. The Morgan fingerprint density at radius 2 is 1.97 bits per heavy atom. The molecular formula is C22H32N4O3. The van der Waals surface area contributed by atoms with Gasteiger partial charge in [-0.25, -0.2) is 0 Å². The van der Waals surface area contributed by atoms with Gasteiger partial charge >= 0.3 is 0 Å². The number of pyridine rings is 1. The number of nitrogens with zero attached hydrogens (tertiary/aromatic N) is 3. The molecule has 1 aromatic rings. The number of nitrogens with one attached hydrogen (secondary N) is 1. The monoisotopic (exact) mass is 400 g/mol. The first kappa shape index (κ1) is 20.3. The summed E-state index contributed by atoms with van der Waals surface area (Å²) in [6, 6.07) is 3.69. The number of carbonyl (C=O) groups excluding carboxylic acids is 2. The second-order valence-corrected chi connectivity index (χ2v) is 8.80. The Kier molecular flexibility index (Phi) is 6.45. The van der Waals surface area contributed by atoms with E-state index in [1.807, 2.05) is 24.0 Å². The van der Waals surface area contributed by atoms with Crippen LogP contribution in [0.1, 0.15) is 41.7 Å². The summed E-state index contributed by atoms with van der Waals surface area (Å²) in [5.74, 6) is 1.38. The van der Waals surface area contributed by atoms with E-state index in [0.717, 1.165) is 44.0 Å². The molecular weight excluding hydrogens is 368 g/mol. The molecule has 29 heavy (non-hydrogen) atoms. The van der Waals surface area contributed by atoms with Gasteiger partial charge in [-0.15, -0.1) is 0 Å².